The van der Waals surface area contributed by atoms with Crippen LogP contribution in [0.15, 0.2) is 5.16 Å². The number of rotatable bonds is 2. The van der Waals surface area contributed by atoms with Crippen LogP contribution in [0.4, 0.5) is 0 Å². The van der Waals surface area contributed by atoms with Gasteiger partial charge in [0, 0.05) is 0 Å². The maximum atomic E-state index is 5.37. The lowest BCUT2D eigenvalue weighted by Gasteiger charge is -2.21. The molecule has 1 N–H and O–H groups in total. The molecule has 90 valence electrons. The second-order valence-electron chi connectivity index (χ2n) is 5.12. The predicted octanol–water partition coefficient (Wildman–Crippen LogP) is 2.76. The van der Waals surface area contributed by atoms with Crippen molar-refractivity contribution in [2.45, 2.75) is 52.7 Å². The molecule has 0 aliphatic heterocycles. The molecule has 0 aliphatic carbocycles. The summed E-state index contributed by atoms with van der Waals surface area (Å²) in [4.78, 5) is 10.6. The van der Waals surface area contributed by atoms with Gasteiger partial charge in [0.05, 0.1) is 5.60 Å². The van der Waals surface area contributed by atoms with Crippen LogP contribution < -0.4 is 5.48 Å². The number of amidine groups is 1. The minimum Gasteiger partial charge on any atom is -0.388 e. The molecule has 15 heavy (non-hydrogen) atoms. The van der Waals surface area contributed by atoms with Gasteiger partial charge in [-0.2, -0.15) is 0 Å². The number of hydroxylamine groups is 1. The molecule has 0 fully saturated rings. The summed E-state index contributed by atoms with van der Waals surface area (Å²) in [7, 11) is 0. The second kappa shape index (κ2) is 5.61. The molecule has 0 amide bonds. The summed E-state index contributed by atoms with van der Waals surface area (Å²) in [6.45, 7) is 11.7. The lowest BCUT2D eigenvalue weighted by molar-refractivity contribution is -0.0464. The number of oxime groups is 1. The molecule has 0 spiro atoms. The van der Waals surface area contributed by atoms with E-state index in [9.17, 15) is 0 Å². The van der Waals surface area contributed by atoms with Crippen molar-refractivity contribution in [1.29, 1.82) is 0 Å². The van der Waals surface area contributed by atoms with Crippen LogP contribution in [-0.2, 0) is 9.68 Å². The minimum absolute atomic E-state index is 0.252. The van der Waals surface area contributed by atoms with Crippen LogP contribution in [0.2, 0.25) is 0 Å². The highest BCUT2D eigenvalue weighted by Crippen LogP contribution is 2.10. The lowest BCUT2D eigenvalue weighted by atomic mass is 10.2. The van der Waals surface area contributed by atoms with Crippen molar-refractivity contribution in [2.75, 3.05) is 6.26 Å². The Morgan fingerprint density at radius 2 is 1.60 bits per heavy atom. The monoisotopic (exact) mass is 234 g/mol. The molecule has 0 radical (unpaired) electrons. The average molecular weight is 234 g/mol. The van der Waals surface area contributed by atoms with Crippen LogP contribution in [0, 0.1) is 0 Å². The van der Waals surface area contributed by atoms with E-state index in [0.717, 1.165) is 0 Å². The molecule has 0 aromatic rings. The van der Waals surface area contributed by atoms with Crippen LogP contribution in [0.3, 0.4) is 0 Å². The van der Waals surface area contributed by atoms with Gasteiger partial charge in [-0.25, -0.2) is 5.48 Å². The first-order chi connectivity index (χ1) is 6.64. The zero-order valence-corrected chi connectivity index (χ0v) is 11.5. The molecule has 0 unspecified atom stereocenters. The Bertz CT molecular complexity index is 216. The molecule has 0 bridgehead atoms. The third kappa shape index (κ3) is 9.87. The first-order valence-corrected chi connectivity index (χ1v) is 6.11. The summed E-state index contributed by atoms with van der Waals surface area (Å²) in [5.41, 5.74) is 2.23. The van der Waals surface area contributed by atoms with E-state index in [1.165, 1.54) is 11.8 Å². The maximum absolute atomic E-state index is 5.37. The van der Waals surface area contributed by atoms with Crippen molar-refractivity contribution < 1.29 is 9.68 Å². The molecule has 0 aromatic carbocycles. The first kappa shape index (κ1) is 14.6. The summed E-state index contributed by atoms with van der Waals surface area (Å²) >= 11 is 1.44. The Labute approximate surface area is 96.7 Å². The molecular formula is C10H22N2O2S. The van der Waals surface area contributed by atoms with E-state index in [4.69, 9.17) is 9.68 Å². The van der Waals surface area contributed by atoms with Crippen molar-refractivity contribution in [3.05, 3.63) is 0 Å². The molecule has 0 atom stereocenters. The Balaban J connectivity index is 4.14. The average Bonchev–Trinajstić information content (AvgIpc) is 2.00. The second-order valence-corrected chi connectivity index (χ2v) is 5.92. The molecule has 5 heteroatoms. The minimum atomic E-state index is -0.287. The summed E-state index contributed by atoms with van der Waals surface area (Å²) in [5, 5.41) is 4.57. The Kier molecular flexibility index (Phi) is 5.45. The summed E-state index contributed by atoms with van der Waals surface area (Å²) in [6, 6.07) is 0. The van der Waals surface area contributed by atoms with Crippen molar-refractivity contribution >= 4 is 16.9 Å². The SMILES string of the molecule is CS/C(=N\OC(C)(C)C)NOC(C)(C)C. The quantitative estimate of drug-likeness (QED) is 0.453. The highest BCUT2D eigenvalue weighted by molar-refractivity contribution is 8.13. The van der Waals surface area contributed by atoms with Gasteiger partial charge in [0.15, 0.2) is 0 Å². The number of nitrogens with zero attached hydrogens (tertiary/aromatic N) is 1. The van der Waals surface area contributed by atoms with Gasteiger partial charge in [-0.05, 0) is 47.8 Å². The van der Waals surface area contributed by atoms with Crippen LogP contribution >= 0.6 is 11.8 Å². The summed E-state index contributed by atoms with van der Waals surface area (Å²) in [6.07, 6.45) is 1.91. The van der Waals surface area contributed by atoms with E-state index in [-0.39, 0.29) is 11.2 Å². The molecule has 0 aromatic heterocycles. The topological polar surface area (TPSA) is 42.8 Å². The Morgan fingerprint density at radius 3 is 1.93 bits per heavy atom. The molecule has 0 rings (SSSR count). The standard InChI is InChI=1S/C10H22N2O2S/c1-9(2,3)13-11-8(15-7)12-14-10(4,5)6/h1-7H3,(H,11,12). The number of hydrogen-bond donors (Lipinski definition) is 1. The Morgan fingerprint density at radius 1 is 1.07 bits per heavy atom. The number of nitrogens with one attached hydrogen (secondary N) is 1. The third-order valence-electron chi connectivity index (χ3n) is 1.04. The fraction of sp³-hybridized carbons (Fsp3) is 0.900. The fourth-order valence-electron chi connectivity index (χ4n) is 0.473. The van der Waals surface area contributed by atoms with E-state index in [2.05, 4.69) is 10.6 Å². The van der Waals surface area contributed by atoms with Gasteiger partial charge in [0.1, 0.15) is 5.60 Å². The predicted molar refractivity (Wildman–Crippen MR) is 65.8 cm³/mol. The molecule has 0 saturated heterocycles. The van der Waals surface area contributed by atoms with Gasteiger partial charge >= 0.3 is 0 Å². The van der Waals surface area contributed by atoms with E-state index < -0.39 is 0 Å². The van der Waals surface area contributed by atoms with Gasteiger partial charge in [0.25, 0.3) is 0 Å². The van der Waals surface area contributed by atoms with Gasteiger partial charge in [-0.3, -0.25) is 4.84 Å². The van der Waals surface area contributed by atoms with Crippen molar-refractivity contribution in [3.8, 4) is 0 Å². The molecule has 0 heterocycles. The van der Waals surface area contributed by atoms with Gasteiger partial charge in [0.2, 0.25) is 5.17 Å². The van der Waals surface area contributed by atoms with E-state index >= 15 is 0 Å². The lowest BCUT2D eigenvalue weighted by Crippen LogP contribution is -2.32. The zero-order valence-electron chi connectivity index (χ0n) is 10.7. The maximum Gasteiger partial charge on any atom is 0.223 e. The third-order valence-corrected chi connectivity index (χ3v) is 1.58. The Hall–Kier alpha value is -0.420. The number of hydrogen-bond acceptors (Lipinski definition) is 4. The molecular weight excluding hydrogens is 212 g/mol. The summed E-state index contributed by atoms with van der Waals surface area (Å²) in [5.74, 6) is 0. The smallest absolute Gasteiger partial charge is 0.223 e. The van der Waals surface area contributed by atoms with Gasteiger partial charge in [-0.1, -0.05) is 16.9 Å². The van der Waals surface area contributed by atoms with Crippen molar-refractivity contribution in [1.82, 2.24) is 5.48 Å². The van der Waals surface area contributed by atoms with Crippen molar-refractivity contribution in [2.24, 2.45) is 5.16 Å². The van der Waals surface area contributed by atoms with Crippen LogP contribution in [0.25, 0.3) is 0 Å². The normalized spacial score (nSPS) is 13.9. The van der Waals surface area contributed by atoms with Crippen molar-refractivity contribution in [3.63, 3.8) is 0 Å². The number of thioether (sulfide) groups is 1. The van der Waals surface area contributed by atoms with E-state index in [0.29, 0.717) is 5.17 Å². The van der Waals surface area contributed by atoms with Gasteiger partial charge < -0.3 is 4.84 Å². The fourth-order valence-corrected chi connectivity index (χ4v) is 0.710. The molecule has 4 nitrogen and oxygen atoms in total. The van der Waals surface area contributed by atoms with E-state index in [1.54, 1.807) is 0 Å². The zero-order chi connectivity index (χ0) is 12.1. The van der Waals surface area contributed by atoms with Crippen LogP contribution in [0.5, 0.6) is 0 Å². The molecule has 0 aliphatic rings. The largest absolute Gasteiger partial charge is 0.388 e. The first-order valence-electron chi connectivity index (χ1n) is 4.88. The highest BCUT2D eigenvalue weighted by atomic mass is 32.2. The van der Waals surface area contributed by atoms with Crippen LogP contribution in [0.1, 0.15) is 41.5 Å². The highest BCUT2D eigenvalue weighted by Gasteiger charge is 2.14. The molecule has 0 saturated carbocycles. The van der Waals surface area contributed by atoms with Crippen LogP contribution in [-0.4, -0.2) is 22.6 Å². The summed E-state index contributed by atoms with van der Waals surface area (Å²) < 4.78 is 0. The van der Waals surface area contributed by atoms with E-state index in [1.807, 2.05) is 47.8 Å². The van der Waals surface area contributed by atoms with Gasteiger partial charge in [-0.15, -0.1) is 0 Å².